The van der Waals surface area contributed by atoms with E-state index in [1.54, 1.807) is 0 Å². The molecule has 0 radical (unpaired) electrons. The van der Waals surface area contributed by atoms with Crippen molar-refractivity contribution in [2.45, 2.75) is 102 Å². The number of halogens is 2. The van der Waals surface area contributed by atoms with Crippen LogP contribution in [0, 0.1) is 23.5 Å². The second-order valence-corrected chi connectivity index (χ2v) is 10.9. The molecule has 2 aromatic carbocycles. The highest BCUT2D eigenvalue weighted by Crippen LogP contribution is 2.38. The molecule has 2 aromatic rings. The summed E-state index contributed by atoms with van der Waals surface area (Å²) in [7, 11) is 0. The third-order valence-corrected chi connectivity index (χ3v) is 8.35. The summed E-state index contributed by atoms with van der Waals surface area (Å²) in [4.78, 5) is 12.7. The molecule has 0 saturated heterocycles. The first-order chi connectivity index (χ1) is 16.9. The molecule has 0 aliphatic heterocycles. The molecular weight excluding hydrogens is 442 g/mol. The monoisotopic (exact) mass is 482 g/mol. The molecule has 2 saturated carbocycles. The van der Waals surface area contributed by atoms with Gasteiger partial charge in [0.05, 0.1) is 5.92 Å². The molecule has 35 heavy (non-hydrogen) atoms. The van der Waals surface area contributed by atoms with Crippen LogP contribution < -0.4 is 0 Å². The van der Waals surface area contributed by atoms with Gasteiger partial charge < -0.3 is 4.74 Å². The van der Waals surface area contributed by atoms with Crippen LogP contribution in [0.2, 0.25) is 0 Å². The molecule has 0 bridgehead atoms. The topological polar surface area (TPSA) is 26.3 Å². The number of ether oxygens (including phenoxy) is 1. The highest BCUT2D eigenvalue weighted by Gasteiger charge is 2.31. The maximum absolute atomic E-state index is 15.0. The maximum atomic E-state index is 15.0. The highest BCUT2D eigenvalue weighted by atomic mass is 19.1. The van der Waals surface area contributed by atoms with E-state index >= 15 is 0 Å². The van der Waals surface area contributed by atoms with Crippen LogP contribution in [0.5, 0.6) is 0 Å². The molecule has 0 N–H and O–H groups in total. The third kappa shape index (κ3) is 6.71. The molecule has 0 spiro atoms. The van der Waals surface area contributed by atoms with Gasteiger partial charge in [-0.15, -0.1) is 0 Å². The minimum Gasteiger partial charge on any atom is -0.462 e. The number of esters is 1. The second-order valence-electron chi connectivity index (χ2n) is 10.9. The summed E-state index contributed by atoms with van der Waals surface area (Å²) < 4.78 is 35.8. The van der Waals surface area contributed by atoms with Crippen molar-refractivity contribution in [3.05, 3.63) is 70.8 Å². The summed E-state index contributed by atoms with van der Waals surface area (Å²) in [6.45, 7) is 4.23. The predicted octanol–water partition coefficient (Wildman–Crippen LogP) is 8.49. The van der Waals surface area contributed by atoms with E-state index in [1.807, 2.05) is 37.3 Å². The summed E-state index contributed by atoms with van der Waals surface area (Å²) in [5.74, 6) is -0.141. The lowest BCUT2D eigenvalue weighted by molar-refractivity contribution is -0.157. The van der Waals surface area contributed by atoms with Gasteiger partial charge in [-0.2, -0.15) is 0 Å². The number of carbonyl (C=O) groups is 1. The van der Waals surface area contributed by atoms with E-state index in [9.17, 15) is 13.6 Å². The van der Waals surface area contributed by atoms with Crippen molar-refractivity contribution in [3.8, 4) is 0 Å². The van der Waals surface area contributed by atoms with Crippen LogP contribution in [0.15, 0.2) is 42.5 Å². The SMILES string of the molecule is CCCC1CCC(OC(=O)C2CCC(c3cc(F)c(C[C@@H](C)c4ccccc4)c(F)c3)CC2)CC1. The van der Waals surface area contributed by atoms with Gasteiger partial charge in [0.1, 0.15) is 17.7 Å². The van der Waals surface area contributed by atoms with Crippen molar-refractivity contribution in [1.29, 1.82) is 0 Å². The lowest BCUT2D eigenvalue weighted by Crippen LogP contribution is -2.30. The van der Waals surface area contributed by atoms with Gasteiger partial charge >= 0.3 is 5.97 Å². The summed E-state index contributed by atoms with van der Waals surface area (Å²) in [6, 6.07) is 12.9. The molecular formula is C31H40F2O2. The summed E-state index contributed by atoms with van der Waals surface area (Å²) in [6.07, 6.45) is 10.2. The average molecular weight is 483 g/mol. The Kier molecular flexibility index (Phi) is 8.97. The van der Waals surface area contributed by atoms with Crippen LogP contribution >= 0.6 is 0 Å². The van der Waals surface area contributed by atoms with E-state index in [4.69, 9.17) is 4.74 Å². The van der Waals surface area contributed by atoms with Gasteiger partial charge in [0.25, 0.3) is 0 Å². The van der Waals surface area contributed by atoms with Crippen LogP contribution in [0.25, 0.3) is 0 Å². The number of rotatable bonds is 8. The zero-order valence-corrected chi connectivity index (χ0v) is 21.3. The van der Waals surface area contributed by atoms with E-state index in [0.29, 0.717) is 6.42 Å². The lowest BCUT2D eigenvalue weighted by atomic mass is 9.78. The van der Waals surface area contributed by atoms with E-state index in [2.05, 4.69) is 6.92 Å². The molecule has 2 fully saturated rings. The third-order valence-electron chi connectivity index (χ3n) is 8.35. The van der Waals surface area contributed by atoms with E-state index in [-0.39, 0.29) is 35.4 Å². The van der Waals surface area contributed by atoms with Gasteiger partial charge in [0.2, 0.25) is 0 Å². The average Bonchev–Trinajstić information content (AvgIpc) is 2.88. The first kappa shape index (κ1) is 25.9. The van der Waals surface area contributed by atoms with Crippen LogP contribution in [0.4, 0.5) is 8.78 Å². The molecule has 0 heterocycles. The molecule has 1 atom stereocenters. The van der Waals surface area contributed by atoms with Crippen molar-refractivity contribution in [1.82, 2.24) is 0 Å². The predicted molar refractivity (Wildman–Crippen MR) is 136 cm³/mol. The zero-order chi connectivity index (χ0) is 24.8. The number of hydrogen-bond acceptors (Lipinski definition) is 2. The number of carbonyl (C=O) groups excluding carboxylic acids is 1. The molecule has 0 aromatic heterocycles. The smallest absolute Gasteiger partial charge is 0.309 e. The minimum atomic E-state index is -0.456. The minimum absolute atomic E-state index is 0.0363. The Morgan fingerprint density at radius 1 is 0.943 bits per heavy atom. The Hall–Kier alpha value is -2.23. The number of benzene rings is 2. The standard InChI is InChI=1S/C31H40F2O2/c1-3-7-22-10-16-27(17-11-22)35-31(34)25-14-12-24(13-15-25)26-19-29(32)28(30(33)20-26)18-21(2)23-8-5-4-6-9-23/h4-6,8-9,19-22,24-25,27H,3,7,10-18H2,1-2H3/t21-,22?,24?,25?,27?/m1/s1. The number of hydrogen-bond donors (Lipinski definition) is 0. The molecule has 4 heteroatoms. The molecule has 0 amide bonds. The fraction of sp³-hybridized carbons (Fsp3) is 0.581. The van der Waals surface area contributed by atoms with Crippen molar-refractivity contribution < 1.29 is 18.3 Å². The molecule has 0 unspecified atom stereocenters. The summed E-state index contributed by atoms with van der Waals surface area (Å²) >= 11 is 0. The Morgan fingerprint density at radius 3 is 2.17 bits per heavy atom. The first-order valence-corrected chi connectivity index (χ1v) is 13.7. The van der Waals surface area contributed by atoms with Crippen LogP contribution in [0.1, 0.15) is 107 Å². The molecule has 4 rings (SSSR count). The van der Waals surface area contributed by atoms with Crippen LogP contribution in [-0.2, 0) is 16.0 Å². The lowest BCUT2D eigenvalue weighted by Gasteiger charge is -2.31. The zero-order valence-electron chi connectivity index (χ0n) is 21.3. The fourth-order valence-corrected chi connectivity index (χ4v) is 6.13. The van der Waals surface area contributed by atoms with Crippen molar-refractivity contribution in [2.24, 2.45) is 11.8 Å². The molecule has 2 nitrogen and oxygen atoms in total. The van der Waals surface area contributed by atoms with Gasteiger partial charge in [-0.3, -0.25) is 4.79 Å². The second kappa shape index (κ2) is 12.1. The van der Waals surface area contributed by atoms with Crippen molar-refractivity contribution in [3.63, 3.8) is 0 Å². The van der Waals surface area contributed by atoms with E-state index < -0.39 is 11.6 Å². The Morgan fingerprint density at radius 2 is 1.57 bits per heavy atom. The van der Waals surface area contributed by atoms with Gasteiger partial charge in [-0.25, -0.2) is 8.78 Å². The van der Waals surface area contributed by atoms with Crippen LogP contribution in [0.3, 0.4) is 0 Å². The van der Waals surface area contributed by atoms with E-state index in [1.165, 1.54) is 25.0 Å². The normalized spacial score (nSPS) is 25.7. The first-order valence-electron chi connectivity index (χ1n) is 13.7. The summed E-state index contributed by atoms with van der Waals surface area (Å²) in [5.41, 5.74) is 1.96. The van der Waals surface area contributed by atoms with Gasteiger partial charge in [-0.05, 0) is 98.8 Å². The maximum Gasteiger partial charge on any atom is 0.309 e. The van der Waals surface area contributed by atoms with Gasteiger partial charge in [0.15, 0.2) is 0 Å². The Balaban J connectivity index is 1.29. The highest BCUT2D eigenvalue weighted by molar-refractivity contribution is 5.72. The van der Waals surface area contributed by atoms with Crippen molar-refractivity contribution in [2.75, 3.05) is 0 Å². The van der Waals surface area contributed by atoms with E-state index in [0.717, 1.165) is 68.4 Å². The summed E-state index contributed by atoms with van der Waals surface area (Å²) in [5, 5.41) is 0. The Labute approximate surface area is 209 Å². The van der Waals surface area contributed by atoms with Crippen molar-refractivity contribution >= 4 is 5.97 Å². The largest absolute Gasteiger partial charge is 0.462 e. The van der Waals surface area contributed by atoms with Gasteiger partial charge in [0, 0.05) is 5.56 Å². The molecule has 190 valence electrons. The van der Waals surface area contributed by atoms with Crippen LogP contribution in [-0.4, -0.2) is 12.1 Å². The van der Waals surface area contributed by atoms with Gasteiger partial charge in [-0.1, -0.05) is 57.0 Å². The molecule has 2 aliphatic carbocycles. The molecule has 2 aliphatic rings. The quantitative estimate of drug-likeness (QED) is 0.353. The fourth-order valence-electron chi connectivity index (χ4n) is 6.13. The Bertz CT molecular complexity index is 934.